The molecule has 1 amide bonds. The number of nitrogens with one attached hydrogen (secondary N) is 1. The molecule has 1 N–H and O–H groups in total. The van der Waals surface area contributed by atoms with E-state index < -0.39 is 5.97 Å². The van der Waals surface area contributed by atoms with Crippen molar-refractivity contribution in [2.45, 2.75) is 27.3 Å². The standard InChI is InChI=1S/C19H22N2O3/c1-5-12-21-14(4)16(13(3)17(21)19(23)24-6-2)18(22)20-15-10-8-7-9-11-15/h5,7-11H,1,6,12H2,2-4H3,(H,20,22). The second kappa shape index (κ2) is 7.64. The number of hydrogen-bond acceptors (Lipinski definition) is 3. The molecule has 5 nitrogen and oxygen atoms in total. The predicted molar refractivity (Wildman–Crippen MR) is 94.5 cm³/mol. The first-order chi connectivity index (χ1) is 11.5. The maximum Gasteiger partial charge on any atom is 0.355 e. The van der Waals surface area contributed by atoms with Crippen molar-refractivity contribution in [1.29, 1.82) is 0 Å². The molecule has 0 aliphatic carbocycles. The number of ether oxygens (including phenoxy) is 1. The molecule has 0 aliphatic heterocycles. The number of amides is 1. The zero-order valence-electron chi connectivity index (χ0n) is 14.3. The Morgan fingerprint density at radius 3 is 2.50 bits per heavy atom. The Morgan fingerprint density at radius 1 is 1.25 bits per heavy atom. The van der Waals surface area contributed by atoms with Crippen molar-refractivity contribution in [3.63, 3.8) is 0 Å². The molecule has 2 aromatic rings. The maximum atomic E-state index is 12.7. The number of esters is 1. The van der Waals surface area contributed by atoms with Crippen LogP contribution in [0.4, 0.5) is 5.69 Å². The minimum Gasteiger partial charge on any atom is -0.461 e. The van der Waals surface area contributed by atoms with Gasteiger partial charge in [0.05, 0.1) is 12.2 Å². The number of anilines is 1. The molecular weight excluding hydrogens is 304 g/mol. The van der Waals surface area contributed by atoms with Crippen LogP contribution in [0.15, 0.2) is 43.0 Å². The van der Waals surface area contributed by atoms with Gasteiger partial charge in [-0.3, -0.25) is 4.79 Å². The summed E-state index contributed by atoms with van der Waals surface area (Å²) in [5.41, 5.74) is 2.91. The fourth-order valence-corrected chi connectivity index (χ4v) is 2.76. The molecule has 0 saturated carbocycles. The average Bonchev–Trinajstić information content (AvgIpc) is 2.79. The second-order valence-electron chi connectivity index (χ2n) is 5.37. The number of allylic oxidation sites excluding steroid dienone is 1. The molecule has 1 heterocycles. The van der Waals surface area contributed by atoms with Crippen LogP contribution in [-0.4, -0.2) is 23.1 Å². The molecule has 1 aromatic heterocycles. The molecular formula is C19H22N2O3. The van der Waals surface area contributed by atoms with Crippen molar-refractivity contribution in [3.8, 4) is 0 Å². The van der Waals surface area contributed by atoms with E-state index in [0.29, 0.717) is 34.7 Å². The van der Waals surface area contributed by atoms with E-state index in [1.807, 2.05) is 37.3 Å². The molecule has 5 heteroatoms. The van der Waals surface area contributed by atoms with Crippen LogP contribution in [0, 0.1) is 13.8 Å². The Hall–Kier alpha value is -2.82. The zero-order valence-corrected chi connectivity index (χ0v) is 14.3. The Morgan fingerprint density at radius 2 is 1.92 bits per heavy atom. The molecule has 1 aromatic carbocycles. The van der Waals surface area contributed by atoms with Gasteiger partial charge < -0.3 is 14.6 Å². The molecule has 126 valence electrons. The van der Waals surface area contributed by atoms with Crippen molar-refractivity contribution in [2.75, 3.05) is 11.9 Å². The van der Waals surface area contributed by atoms with Crippen molar-refractivity contribution in [2.24, 2.45) is 0 Å². The largest absolute Gasteiger partial charge is 0.461 e. The first kappa shape index (κ1) is 17.5. The van der Waals surface area contributed by atoms with Crippen LogP contribution in [0.3, 0.4) is 0 Å². The van der Waals surface area contributed by atoms with Gasteiger partial charge in [0.1, 0.15) is 5.69 Å². The molecule has 0 bridgehead atoms. The Kier molecular flexibility index (Phi) is 5.58. The molecule has 0 aliphatic rings. The van der Waals surface area contributed by atoms with Crippen molar-refractivity contribution in [3.05, 3.63) is 65.5 Å². The van der Waals surface area contributed by atoms with Crippen LogP contribution in [0.5, 0.6) is 0 Å². The van der Waals surface area contributed by atoms with E-state index in [0.717, 1.165) is 0 Å². The minimum atomic E-state index is -0.432. The molecule has 0 spiro atoms. The number of carbonyl (C=O) groups excluding carboxylic acids is 2. The summed E-state index contributed by atoms with van der Waals surface area (Å²) in [5.74, 6) is -0.678. The topological polar surface area (TPSA) is 60.3 Å². The third-order valence-corrected chi connectivity index (χ3v) is 3.81. The Labute approximate surface area is 141 Å². The third-order valence-electron chi connectivity index (χ3n) is 3.81. The van der Waals surface area contributed by atoms with Gasteiger partial charge in [-0.25, -0.2) is 4.79 Å². The number of rotatable bonds is 6. The van der Waals surface area contributed by atoms with E-state index in [9.17, 15) is 9.59 Å². The Balaban J connectivity index is 2.46. The number of benzene rings is 1. The van der Waals surface area contributed by atoms with Crippen molar-refractivity contribution >= 4 is 17.6 Å². The summed E-state index contributed by atoms with van der Waals surface area (Å²) in [6, 6.07) is 9.21. The van der Waals surface area contributed by atoms with E-state index >= 15 is 0 Å². The monoisotopic (exact) mass is 326 g/mol. The fourth-order valence-electron chi connectivity index (χ4n) is 2.76. The number of carbonyl (C=O) groups is 2. The lowest BCUT2D eigenvalue weighted by Crippen LogP contribution is -2.14. The van der Waals surface area contributed by atoms with E-state index in [-0.39, 0.29) is 12.5 Å². The highest BCUT2D eigenvalue weighted by molar-refractivity contribution is 6.08. The highest BCUT2D eigenvalue weighted by atomic mass is 16.5. The summed E-state index contributed by atoms with van der Waals surface area (Å²) in [4.78, 5) is 25.0. The molecule has 0 unspecified atom stereocenters. The molecule has 0 saturated heterocycles. The summed E-state index contributed by atoms with van der Waals surface area (Å²) >= 11 is 0. The van der Waals surface area contributed by atoms with E-state index in [1.165, 1.54) is 0 Å². The number of para-hydroxylation sites is 1. The van der Waals surface area contributed by atoms with Gasteiger partial charge in [0.25, 0.3) is 5.91 Å². The average molecular weight is 326 g/mol. The van der Waals surface area contributed by atoms with Gasteiger partial charge in [0.2, 0.25) is 0 Å². The summed E-state index contributed by atoms with van der Waals surface area (Å²) in [7, 11) is 0. The lowest BCUT2D eigenvalue weighted by atomic mass is 10.1. The normalized spacial score (nSPS) is 10.3. The fraction of sp³-hybridized carbons (Fsp3) is 0.263. The van der Waals surface area contributed by atoms with Crippen LogP contribution in [0.1, 0.15) is 39.0 Å². The quantitative estimate of drug-likeness (QED) is 0.650. The van der Waals surface area contributed by atoms with Crippen molar-refractivity contribution in [1.82, 2.24) is 4.57 Å². The van der Waals surface area contributed by atoms with Gasteiger partial charge in [-0.05, 0) is 38.5 Å². The maximum absolute atomic E-state index is 12.7. The highest BCUT2D eigenvalue weighted by Gasteiger charge is 2.26. The first-order valence-electron chi connectivity index (χ1n) is 7.85. The van der Waals surface area contributed by atoms with Crippen molar-refractivity contribution < 1.29 is 14.3 Å². The smallest absolute Gasteiger partial charge is 0.355 e. The SMILES string of the molecule is C=CCn1c(C)c(C(=O)Nc2ccccc2)c(C)c1C(=O)OCC. The van der Waals surface area contributed by atoms with Crippen LogP contribution >= 0.6 is 0 Å². The molecule has 0 atom stereocenters. The summed E-state index contributed by atoms with van der Waals surface area (Å²) in [6.07, 6.45) is 1.69. The van der Waals surface area contributed by atoms with E-state index in [2.05, 4.69) is 11.9 Å². The number of nitrogens with zero attached hydrogens (tertiary/aromatic N) is 1. The van der Waals surface area contributed by atoms with Crippen LogP contribution in [-0.2, 0) is 11.3 Å². The van der Waals surface area contributed by atoms with Gasteiger partial charge in [-0.2, -0.15) is 0 Å². The molecule has 24 heavy (non-hydrogen) atoms. The van der Waals surface area contributed by atoms with Crippen LogP contribution < -0.4 is 5.32 Å². The second-order valence-corrected chi connectivity index (χ2v) is 5.37. The van der Waals surface area contributed by atoms with Gasteiger partial charge in [0, 0.05) is 17.9 Å². The minimum absolute atomic E-state index is 0.246. The summed E-state index contributed by atoms with van der Waals surface area (Å²) < 4.78 is 6.90. The Bertz CT molecular complexity index is 761. The highest BCUT2D eigenvalue weighted by Crippen LogP contribution is 2.24. The first-order valence-corrected chi connectivity index (χ1v) is 7.85. The van der Waals surface area contributed by atoms with E-state index in [1.54, 1.807) is 24.5 Å². The van der Waals surface area contributed by atoms with Crippen LogP contribution in [0.2, 0.25) is 0 Å². The number of aromatic nitrogens is 1. The third kappa shape index (κ3) is 3.40. The lowest BCUT2D eigenvalue weighted by molar-refractivity contribution is 0.0513. The predicted octanol–water partition coefficient (Wildman–Crippen LogP) is 3.72. The number of hydrogen-bond donors (Lipinski definition) is 1. The molecule has 0 radical (unpaired) electrons. The summed E-state index contributed by atoms with van der Waals surface area (Å²) in [5, 5.41) is 2.86. The lowest BCUT2D eigenvalue weighted by Gasteiger charge is -2.09. The molecule has 2 rings (SSSR count). The molecule has 0 fully saturated rings. The van der Waals surface area contributed by atoms with Gasteiger partial charge >= 0.3 is 5.97 Å². The van der Waals surface area contributed by atoms with Gasteiger partial charge in [0.15, 0.2) is 0 Å². The van der Waals surface area contributed by atoms with Crippen LogP contribution in [0.25, 0.3) is 0 Å². The van der Waals surface area contributed by atoms with E-state index in [4.69, 9.17) is 4.74 Å². The summed E-state index contributed by atoms with van der Waals surface area (Å²) in [6.45, 7) is 9.77. The van der Waals surface area contributed by atoms with Gasteiger partial charge in [-0.15, -0.1) is 6.58 Å². The zero-order chi connectivity index (χ0) is 17.7. The van der Waals surface area contributed by atoms with Gasteiger partial charge in [-0.1, -0.05) is 24.3 Å².